The van der Waals surface area contributed by atoms with Gasteiger partial charge in [0.25, 0.3) is 0 Å². The van der Waals surface area contributed by atoms with Gasteiger partial charge >= 0.3 is 12.0 Å². The molecule has 110 valence electrons. The average Bonchev–Trinajstić information content (AvgIpc) is 2.45. The fourth-order valence-electron chi connectivity index (χ4n) is 1.74. The number of amides is 2. The molecule has 6 nitrogen and oxygen atoms in total. The molecule has 2 amide bonds. The van der Waals surface area contributed by atoms with Crippen LogP contribution in [0.25, 0.3) is 0 Å². The summed E-state index contributed by atoms with van der Waals surface area (Å²) in [7, 11) is 4.80. The molecule has 0 aliphatic heterocycles. The molecular formula is C14H20N2O4. The largest absolute Gasteiger partial charge is 0.497 e. The Morgan fingerprint density at radius 2 is 1.80 bits per heavy atom. The summed E-state index contributed by atoms with van der Waals surface area (Å²) < 4.78 is 5.06. The monoisotopic (exact) mass is 280 g/mol. The van der Waals surface area contributed by atoms with E-state index in [-0.39, 0.29) is 12.6 Å². The number of hydrogen-bond donors (Lipinski definition) is 1. The summed E-state index contributed by atoms with van der Waals surface area (Å²) in [6, 6.07) is 6.80. The van der Waals surface area contributed by atoms with Crippen LogP contribution in [0.1, 0.15) is 6.92 Å². The molecule has 0 aliphatic rings. The van der Waals surface area contributed by atoms with Crippen molar-refractivity contribution < 1.29 is 19.4 Å². The van der Waals surface area contributed by atoms with E-state index in [2.05, 4.69) is 0 Å². The van der Waals surface area contributed by atoms with Gasteiger partial charge in [0.1, 0.15) is 5.75 Å². The molecule has 20 heavy (non-hydrogen) atoms. The van der Waals surface area contributed by atoms with Crippen LogP contribution in [0.15, 0.2) is 24.3 Å². The van der Waals surface area contributed by atoms with Crippen molar-refractivity contribution in [2.75, 3.05) is 32.6 Å². The maximum atomic E-state index is 12.2. The number of carbonyl (C=O) groups excluding carboxylic acids is 1. The Bertz CT molecular complexity index is 473. The highest BCUT2D eigenvalue weighted by Crippen LogP contribution is 2.19. The van der Waals surface area contributed by atoms with E-state index in [0.29, 0.717) is 11.4 Å². The van der Waals surface area contributed by atoms with E-state index in [1.807, 2.05) is 0 Å². The molecule has 0 bridgehead atoms. The Morgan fingerprint density at radius 3 is 2.25 bits per heavy atom. The Labute approximate surface area is 118 Å². The molecule has 1 N–H and O–H groups in total. The highest BCUT2D eigenvalue weighted by atomic mass is 16.5. The van der Waals surface area contributed by atoms with Crippen LogP contribution in [-0.4, -0.2) is 49.8 Å². The third-order valence-electron chi connectivity index (χ3n) is 3.04. The van der Waals surface area contributed by atoms with E-state index in [0.717, 1.165) is 0 Å². The van der Waals surface area contributed by atoms with Gasteiger partial charge in [-0.1, -0.05) is 6.92 Å². The first kappa shape index (κ1) is 15.8. The summed E-state index contributed by atoms with van der Waals surface area (Å²) in [6.07, 6.45) is 0. The van der Waals surface area contributed by atoms with Gasteiger partial charge in [-0.25, -0.2) is 4.79 Å². The van der Waals surface area contributed by atoms with Gasteiger partial charge in [-0.2, -0.15) is 0 Å². The van der Waals surface area contributed by atoms with Crippen LogP contribution in [0.5, 0.6) is 5.75 Å². The summed E-state index contributed by atoms with van der Waals surface area (Å²) in [5, 5.41) is 8.86. The summed E-state index contributed by atoms with van der Waals surface area (Å²) in [5.74, 6) is -0.813. The molecule has 1 aromatic carbocycles. The minimum atomic E-state index is -0.920. The number of rotatable bonds is 5. The lowest BCUT2D eigenvalue weighted by atomic mass is 10.2. The third kappa shape index (κ3) is 3.88. The molecule has 1 atom stereocenters. The van der Waals surface area contributed by atoms with Crippen LogP contribution in [0.2, 0.25) is 0 Å². The van der Waals surface area contributed by atoms with Crippen molar-refractivity contribution in [3.8, 4) is 5.75 Å². The van der Waals surface area contributed by atoms with Gasteiger partial charge in [-0.05, 0) is 24.3 Å². The Kier molecular flexibility index (Phi) is 5.37. The zero-order chi connectivity index (χ0) is 15.3. The molecule has 0 aliphatic carbocycles. The predicted octanol–water partition coefficient (Wildman–Crippen LogP) is 1.90. The van der Waals surface area contributed by atoms with Gasteiger partial charge in [-0.3, -0.25) is 9.69 Å². The molecule has 0 radical (unpaired) electrons. The second-order valence-electron chi connectivity index (χ2n) is 4.66. The summed E-state index contributed by atoms with van der Waals surface area (Å²) in [6.45, 7) is 1.73. The summed E-state index contributed by atoms with van der Waals surface area (Å²) >= 11 is 0. The molecule has 0 saturated heterocycles. The molecule has 0 spiro atoms. The minimum absolute atomic E-state index is 0.161. The van der Waals surface area contributed by atoms with Crippen LogP contribution in [0.4, 0.5) is 10.5 Å². The van der Waals surface area contributed by atoms with E-state index >= 15 is 0 Å². The van der Waals surface area contributed by atoms with Crippen LogP contribution in [0, 0.1) is 5.92 Å². The lowest BCUT2D eigenvalue weighted by molar-refractivity contribution is -0.141. The fraction of sp³-hybridized carbons (Fsp3) is 0.429. The van der Waals surface area contributed by atoms with Gasteiger partial charge in [0.2, 0.25) is 0 Å². The molecule has 0 heterocycles. The standard InChI is InChI=1S/C14H20N2O4/c1-10(13(17)18)9-15(2)14(19)16(3)11-5-7-12(20-4)8-6-11/h5-8,10H,9H2,1-4H3,(H,17,18). The van der Waals surface area contributed by atoms with Crippen LogP contribution >= 0.6 is 0 Å². The van der Waals surface area contributed by atoms with Crippen LogP contribution < -0.4 is 9.64 Å². The average molecular weight is 280 g/mol. The van der Waals surface area contributed by atoms with Gasteiger partial charge in [0, 0.05) is 26.3 Å². The highest BCUT2D eigenvalue weighted by molar-refractivity contribution is 5.91. The number of methoxy groups -OCH3 is 1. The van der Waals surface area contributed by atoms with Gasteiger partial charge in [-0.15, -0.1) is 0 Å². The molecule has 0 saturated carbocycles. The Balaban J connectivity index is 2.72. The molecule has 6 heteroatoms. The Hall–Kier alpha value is -2.24. The van der Waals surface area contributed by atoms with Crippen LogP contribution in [-0.2, 0) is 4.79 Å². The second-order valence-corrected chi connectivity index (χ2v) is 4.66. The normalized spacial score (nSPS) is 11.6. The first-order valence-electron chi connectivity index (χ1n) is 6.22. The molecule has 1 rings (SSSR count). The number of carbonyl (C=O) groups is 2. The van der Waals surface area contributed by atoms with Gasteiger partial charge in [0.15, 0.2) is 0 Å². The maximum Gasteiger partial charge on any atom is 0.323 e. The van der Waals surface area contributed by atoms with Crippen molar-refractivity contribution in [2.45, 2.75) is 6.92 Å². The fourth-order valence-corrected chi connectivity index (χ4v) is 1.74. The lowest BCUT2D eigenvalue weighted by Crippen LogP contribution is -2.41. The molecule has 0 fully saturated rings. The number of hydrogen-bond acceptors (Lipinski definition) is 3. The smallest absolute Gasteiger partial charge is 0.323 e. The zero-order valence-electron chi connectivity index (χ0n) is 12.2. The second kappa shape index (κ2) is 6.79. The van der Waals surface area contributed by atoms with Crippen molar-refractivity contribution in [2.24, 2.45) is 5.92 Å². The van der Waals surface area contributed by atoms with Crippen molar-refractivity contribution >= 4 is 17.7 Å². The van der Waals surface area contributed by atoms with Gasteiger partial charge in [0.05, 0.1) is 13.0 Å². The topological polar surface area (TPSA) is 70.1 Å². The molecular weight excluding hydrogens is 260 g/mol. The van der Waals surface area contributed by atoms with E-state index in [4.69, 9.17) is 9.84 Å². The first-order valence-corrected chi connectivity index (χ1v) is 6.22. The zero-order valence-corrected chi connectivity index (χ0v) is 12.2. The predicted molar refractivity (Wildman–Crippen MR) is 76.2 cm³/mol. The van der Waals surface area contributed by atoms with Gasteiger partial charge < -0.3 is 14.7 Å². The Morgan fingerprint density at radius 1 is 1.25 bits per heavy atom. The third-order valence-corrected chi connectivity index (χ3v) is 3.04. The van der Waals surface area contributed by atoms with E-state index in [1.54, 1.807) is 52.4 Å². The first-order chi connectivity index (χ1) is 9.36. The highest BCUT2D eigenvalue weighted by Gasteiger charge is 2.20. The van der Waals surface area contributed by atoms with E-state index in [1.165, 1.54) is 9.80 Å². The molecule has 1 aromatic rings. The maximum absolute atomic E-state index is 12.2. The molecule has 1 unspecified atom stereocenters. The number of carboxylic acid groups (broad SMARTS) is 1. The van der Waals surface area contributed by atoms with Crippen molar-refractivity contribution in [1.29, 1.82) is 0 Å². The number of ether oxygens (including phenoxy) is 1. The summed E-state index contributed by atoms with van der Waals surface area (Å²) in [5.41, 5.74) is 0.714. The van der Waals surface area contributed by atoms with Crippen molar-refractivity contribution in [3.63, 3.8) is 0 Å². The lowest BCUT2D eigenvalue weighted by Gasteiger charge is -2.26. The molecule has 0 aromatic heterocycles. The quantitative estimate of drug-likeness (QED) is 0.894. The van der Waals surface area contributed by atoms with Crippen LogP contribution in [0.3, 0.4) is 0 Å². The van der Waals surface area contributed by atoms with Crippen molar-refractivity contribution in [3.05, 3.63) is 24.3 Å². The number of urea groups is 1. The minimum Gasteiger partial charge on any atom is -0.497 e. The number of aliphatic carboxylic acids is 1. The number of nitrogens with zero attached hydrogens (tertiary/aromatic N) is 2. The summed E-state index contributed by atoms with van der Waals surface area (Å²) in [4.78, 5) is 25.8. The van der Waals surface area contributed by atoms with E-state index < -0.39 is 11.9 Å². The number of anilines is 1. The number of benzene rings is 1. The number of carboxylic acids is 1. The SMILES string of the molecule is COc1ccc(N(C)C(=O)N(C)CC(C)C(=O)O)cc1. The van der Waals surface area contributed by atoms with Crippen molar-refractivity contribution in [1.82, 2.24) is 4.90 Å². The van der Waals surface area contributed by atoms with E-state index in [9.17, 15) is 9.59 Å².